The van der Waals surface area contributed by atoms with Crippen molar-refractivity contribution in [2.24, 2.45) is 0 Å². The van der Waals surface area contributed by atoms with Crippen molar-refractivity contribution in [1.29, 1.82) is 5.26 Å². The van der Waals surface area contributed by atoms with E-state index >= 15 is 0 Å². The number of rotatable bonds is 5. The third-order valence-corrected chi connectivity index (χ3v) is 4.67. The second kappa shape index (κ2) is 7.43. The fraction of sp³-hybridized carbons (Fsp3) is 0.200. The summed E-state index contributed by atoms with van der Waals surface area (Å²) in [6, 6.07) is 12.5. The standard InChI is InChI=1S/C20H18F2N2O2Si/c1-27(2,3)26-18(11-23)19-15(21)7-5-9-17(19)25-14-10-13-6-4-8-16(22)20(13)24-12-14/h4-10,12,18H,1-3H3. The molecule has 7 heteroatoms. The Hall–Kier alpha value is -2.82. The lowest BCUT2D eigenvalue weighted by atomic mass is 10.1. The molecule has 1 aromatic heterocycles. The molecule has 0 aliphatic carbocycles. The van der Waals surface area contributed by atoms with Gasteiger partial charge in [-0.15, -0.1) is 0 Å². The first-order valence-corrected chi connectivity index (χ1v) is 11.8. The summed E-state index contributed by atoms with van der Waals surface area (Å²) in [5.74, 6) is -0.544. The number of hydrogen-bond acceptors (Lipinski definition) is 4. The maximum absolute atomic E-state index is 14.5. The molecule has 0 spiro atoms. The Kier molecular flexibility index (Phi) is 5.21. The molecule has 0 saturated heterocycles. The van der Waals surface area contributed by atoms with Crippen molar-refractivity contribution in [1.82, 2.24) is 4.98 Å². The number of fused-ring (bicyclic) bond motifs is 1. The largest absolute Gasteiger partial charge is 0.455 e. The first kappa shape index (κ1) is 19.0. The molecule has 0 saturated carbocycles. The smallest absolute Gasteiger partial charge is 0.186 e. The van der Waals surface area contributed by atoms with Gasteiger partial charge in [0.15, 0.2) is 14.4 Å². The molecule has 1 heterocycles. The lowest BCUT2D eigenvalue weighted by molar-refractivity contribution is 0.244. The summed E-state index contributed by atoms with van der Waals surface area (Å²) in [5, 5.41) is 10.1. The van der Waals surface area contributed by atoms with Crippen LogP contribution in [0.5, 0.6) is 11.5 Å². The summed E-state index contributed by atoms with van der Waals surface area (Å²) in [5.41, 5.74) is 0.267. The maximum Gasteiger partial charge on any atom is 0.186 e. The van der Waals surface area contributed by atoms with Crippen LogP contribution in [0.15, 0.2) is 48.7 Å². The molecule has 0 aliphatic heterocycles. The highest BCUT2D eigenvalue weighted by Gasteiger charge is 2.27. The van der Waals surface area contributed by atoms with Crippen molar-refractivity contribution in [3.63, 3.8) is 0 Å². The highest BCUT2D eigenvalue weighted by molar-refractivity contribution is 6.69. The van der Waals surface area contributed by atoms with Gasteiger partial charge in [-0.25, -0.2) is 13.8 Å². The summed E-state index contributed by atoms with van der Waals surface area (Å²) >= 11 is 0. The molecule has 4 nitrogen and oxygen atoms in total. The zero-order valence-electron chi connectivity index (χ0n) is 15.2. The highest BCUT2D eigenvalue weighted by Crippen LogP contribution is 2.35. The lowest BCUT2D eigenvalue weighted by Gasteiger charge is -2.23. The summed E-state index contributed by atoms with van der Waals surface area (Å²) in [6.45, 7) is 5.75. The van der Waals surface area contributed by atoms with Crippen molar-refractivity contribution >= 4 is 19.2 Å². The first-order chi connectivity index (χ1) is 12.8. The summed E-state index contributed by atoms with van der Waals surface area (Å²) in [6.07, 6.45) is 0.277. The van der Waals surface area contributed by atoms with Crippen molar-refractivity contribution in [2.45, 2.75) is 25.7 Å². The number of nitrogens with zero attached hydrogens (tertiary/aromatic N) is 2. The SMILES string of the molecule is C[Si](C)(C)OC(C#N)c1c(F)cccc1Oc1cnc2c(F)cccc2c1. The quantitative estimate of drug-likeness (QED) is 0.528. The fourth-order valence-electron chi connectivity index (χ4n) is 2.65. The van der Waals surface area contributed by atoms with Crippen LogP contribution in [0.3, 0.4) is 0 Å². The van der Waals surface area contributed by atoms with Crippen LogP contribution < -0.4 is 4.74 Å². The summed E-state index contributed by atoms with van der Waals surface area (Å²) in [7, 11) is -2.10. The topological polar surface area (TPSA) is 55.1 Å². The molecule has 2 aromatic carbocycles. The van der Waals surface area contributed by atoms with E-state index in [-0.39, 0.29) is 16.8 Å². The van der Waals surface area contributed by atoms with Gasteiger partial charge in [0.2, 0.25) is 0 Å². The van der Waals surface area contributed by atoms with Crippen LogP contribution in [-0.4, -0.2) is 13.3 Å². The molecule has 27 heavy (non-hydrogen) atoms. The Morgan fingerprint density at radius 3 is 2.48 bits per heavy atom. The Bertz CT molecular complexity index is 1030. The molecule has 0 fully saturated rings. The zero-order chi connectivity index (χ0) is 19.6. The van der Waals surface area contributed by atoms with Crippen LogP contribution in [0, 0.1) is 23.0 Å². The Morgan fingerprint density at radius 1 is 1.07 bits per heavy atom. The lowest BCUT2D eigenvalue weighted by Crippen LogP contribution is -2.28. The van der Waals surface area contributed by atoms with E-state index in [1.165, 1.54) is 24.4 Å². The summed E-state index contributed by atoms with van der Waals surface area (Å²) in [4.78, 5) is 4.07. The average Bonchev–Trinajstić information content (AvgIpc) is 2.60. The molecule has 0 radical (unpaired) electrons. The van der Waals surface area contributed by atoms with Crippen LogP contribution in [-0.2, 0) is 4.43 Å². The average molecular weight is 384 g/mol. The van der Waals surface area contributed by atoms with E-state index in [9.17, 15) is 14.0 Å². The van der Waals surface area contributed by atoms with Gasteiger partial charge < -0.3 is 9.16 Å². The monoisotopic (exact) mass is 384 g/mol. The maximum atomic E-state index is 14.5. The van der Waals surface area contributed by atoms with Crippen LogP contribution in [0.25, 0.3) is 10.9 Å². The van der Waals surface area contributed by atoms with Crippen LogP contribution in [0.2, 0.25) is 19.6 Å². The van der Waals surface area contributed by atoms with Crippen LogP contribution >= 0.6 is 0 Å². The van der Waals surface area contributed by atoms with Crippen molar-refractivity contribution in [2.75, 3.05) is 0 Å². The van der Waals surface area contributed by atoms with E-state index in [0.29, 0.717) is 11.1 Å². The number of aromatic nitrogens is 1. The third kappa shape index (κ3) is 4.30. The fourth-order valence-corrected chi connectivity index (χ4v) is 3.53. The van der Waals surface area contributed by atoms with Gasteiger partial charge in [0, 0.05) is 5.39 Å². The van der Waals surface area contributed by atoms with Gasteiger partial charge in [0.05, 0.1) is 17.8 Å². The molecule has 3 aromatic rings. The Morgan fingerprint density at radius 2 is 1.78 bits per heavy atom. The second-order valence-corrected chi connectivity index (χ2v) is 11.4. The molecule has 1 atom stereocenters. The van der Waals surface area contributed by atoms with Gasteiger partial charge in [0.1, 0.15) is 28.7 Å². The van der Waals surface area contributed by atoms with Crippen molar-refractivity contribution in [3.8, 4) is 17.6 Å². The van der Waals surface area contributed by atoms with Crippen LogP contribution in [0.1, 0.15) is 11.7 Å². The first-order valence-electron chi connectivity index (χ1n) is 8.36. The van der Waals surface area contributed by atoms with E-state index < -0.39 is 26.1 Å². The summed E-state index contributed by atoms with van der Waals surface area (Å²) < 4.78 is 39.9. The van der Waals surface area contributed by atoms with Gasteiger partial charge in [0.25, 0.3) is 0 Å². The van der Waals surface area contributed by atoms with E-state index in [2.05, 4.69) is 4.98 Å². The number of benzene rings is 2. The molecule has 0 aliphatic rings. The molecule has 138 valence electrons. The molecule has 1 unspecified atom stereocenters. The minimum atomic E-state index is -2.10. The van der Waals surface area contributed by atoms with Gasteiger partial charge in [-0.3, -0.25) is 0 Å². The van der Waals surface area contributed by atoms with Crippen molar-refractivity contribution in [3.05, 3.63) is 65.9 Å². The van der Waals surface area contributed by atoms with Gasteiger partial charge in [-0.2, -0.15) is 5.26 Å². The van der Waals surface area contributed by atoms with Gasteiger partial charge in [-0.05, 0) is 43.9 Å². The number of nitriles is 1. The van der Waals surface area contributed by atoms with E-state index in [0.717, 1.165) is 0 Å². The zero-order valence-corrected chi connectivity index (χ0v) is 16.2. The highest BCUT2D eigenvalue weighted by atomic mass is 28.4. The molecular weight excluding hydrogens is 366 g/mol. The third-order valence-electron chi connectivity index (χ3n) is 3.73. The Balaban J connectivity index is 2.01. The van der Waals surface area contributed by atoms with Crippen LogP contribution in [0.4, 0.5) is 8.78 Å². The molecular formula is C20H18F2N2O2Si. The van der Waals surface area contributed by atoms with E-state index in [1.807, 2.05) is 25.7 Å². The molecule has 0 amide bonds. The normalized spacial score (nSPS) is 12.6. The number of halogens is 2. The molecule has 3 rings (SSSR count). The van der Waals surface area contributed by atoms with E-state index in [4.69, 9.17) is 9.16 Å². The predicted octanol–water partition coefficient (Wildman–Crippen LogP) is 5.72. The number of para-hydroxylation sites is 1. The molecule has 0 bridgehead atoms. The number of ether oxygens (including phenoxy) is 1. The molecule has 0 N–H and O–H groups in total. The predicted molar refractivity (Wildman–Crippen MR) is 101 cm³/mol. The Labute approximate surface area is 157 Å². The van der Waals surface area contributed by atoms with Gasteiger partial charge in [-0.1, -0.05) is 18.2 Å². The van der Waals surface area contributed by atoms with E-state index in [1.54, 1.807) is 24.3 Å². The van der Waals surface area contributed by atoms with Crippen molar-refractivity contribution < 1.29 is 17.9 Å². The minimum absolute atomic E-state index is 0.0433. The van der Waals surface area contributed by atoms with Gasteiger partial charge >= 0.3 is 0 Å². The second-order valence-electron chi connectivity index (χ2n) is 6.98. The number of hydrogen-bond donors (Lipinski definition) is 0. The number of pyridine rings is 1. The minimum Gasteiger partial charge on any atom is -0.455 e.